The molecule has 0 atom stereocenters. The SMILES string of the molecule is CCC(=O)Nc1ccc(C)c(NCc2cnc(C)[nH]2)c1. The van der Waals surface area contributed by atoms with E-state index in [1.165, 1.54) is 0 Å². The lowest BCUT2D eigenvalue weighted by molar-refractivity contribution is -0.115. The minimum absolute atomic E-state index is 0.0176. The van der Waals surface area contributed by atoms with Crippen LogP contribution < -0.4 is 10.6 Å². The van der Waals surface area contributed by atoms with Crippen LogP contribution in [0.25, 0.3) is 0 Å². The Kier molecular flexibility index (Phi) is 4.40. The molecule has 0 saturated heterocycles. The van der Waals surface area contributed by atoms with Crippen molar-refractivity contribution >= 4 is 17.3 Å². The van der Waals surface area contributed by atoms with E-state index < -0.39 is 0 Å². The molecule has 2 aromatic rings. The molecular formula is C15H20N4O. The van der Waals surface area contributed by atoms with Crippen molar-refractivity contribution < 1.29 is 4.79 Å². The normalized spacial score (nSPS) is 10.3. The molecule has 1 aromatic carbocycles. The summed E-state index contributed by atoms with van der Waals surface area (Å²) in [5, 5.41) is 6.21. The second-order valence-corrected chi connectivity index (χ2v) is 4.78. The van der Waals surface area contributed by atoms with E-state index in [4.69, 9.17) is 0 Å². The average molecular weight is 272 g/mol. The lowest BCUT2D eigenvalue weighted by atomic mass is 10.1. The number of aromatic amines is 1. The summed E-state index contributed by atoms with van der Waals surface area (Å²) in [4.78, 5) is 18.8. The molecule has 0 aliphatic rings. The molecule has 0 spiro atoms. The highest BCUT2D eigenvalue weighted by Gasteiger charge is 2.04. The van der Waals surface area contributed by atoms with Crippen LogP contribution in [0.1, 0.15) is 30.4 Å². The van der Waals surface area contributed by atoms with Gasteiger partial charge in [-0.2, -0.15) is 0 Å². The monoisotopic (exact) mass is 272 g/mol. The van der Waals surface area contributed by atoms with E-state index in [1.54, 1.807) is 0 Å². The number of nitrogens with one attached hydrogen (secondary N) is 3. The maximum absolute atomic E-state index is 11.4. The van der Waals surface area contributed by atoms with Crippen molar-refractivity contribution in [2.75, 3.05) is 10.6 Å². The first-order chi connectivity index (χ1) is 9.58. The lowest BCUT2D eigenvalue weighted by Crippen LogP contribution is -2.10. The summed E-state index contributed by atoms with van der Waals surface area (Å²) in [7, 11) is 0. The van der Waals surface area contributed by atoms with Crippen LogP contribution in [0.2, 0.25) is 0 Å². The number of anilines is 2. The molecule has 5 nitrogen and oxygen atoms in total. The van der Waals surface area contributed by atoms with E-state index in [-0.39, 0.29) is 5.91 Å². The quantitative estimate of drug-likeness (QED) is 0.783. The number of hydrogen-bond acceptors (Lipinski definition) is 3. The molecule has 1 amide bonds. The highest BCUT2D eigenvalue weighted by Crippen LogP contribution is 2.21. The number of benzene rings is 1. The van der Waals surface area contributed by atoms with Gasteiger partial charge < -0.3 is 15.6 Å². The van der Waals surface area contributed by atoms with Crippen molar-refractivity contribution in [1.82, 2.24) is 9.97 Å². The molecule has 3 N–H and O–H groups in total. The van der Waals surface area contributed by atoms with Gasteiger partial charge in [-0.3, -0.25) is 4.79 Å². The van der Waals surface area contributed by atoms with Crippen LogP contribution in [0, 0.1) is 13.8 Å². The fourth-order valence-electron chi connectivity index (χ4n) is 1.89. The van der Waals surface area contributed by atoms with Gasteiger partial charge in [0.1, 0.15) is 5.82 Å². The van der Waals surface area contributed by atoms with Gasteiger partial charge in [0.05, 0.1) is 18.4 Å². The number of H-pyrrole nitrogens is 1. The van der Waals surface area contributed by atoms with E-state index in [2.05, 4.69) is 20.6 Å². The first-order valence-electron chi connectivity index (χ1n) is 6.73. The van der Waals surface area contributed by atoms with E-state index in [9.17, 15) is 4.79 Å². The summed E-state index contributed by atoms with van der Waals surface area (Å²) < 4.78 is 0. The molecule has 5 heteroatoms. The van der Waals surface area contributed by atoms with E-state index in [0.717, 1.165) is 28.5 Å². The number of rotatable bonds is 5. The van der Waals surface area contributed by atoms with E-state index in [1.807, 2.05) is 45.2 Å². The smallest absolute Gasteiger partial charge is 0.224 e. The molecule has 0 unspecified atom stereocenters. The molecule has 0 bridgehead atoms. The van der Waals surface area contributed by atoms with Gasteiger partial charge in [0.15, 0.2) is 0 Å². The van der Waals surface area contributed by atoms with Crippen LogP contribution in [-0.4, -0.2) is 15.9 Å². The number of carbonyl (C=O) groups excluding carboxylic acids is 1. The van der Waals surface area contributed by atoms with Gasteiger partial charge >= 0.3 is 0 Å². The number of imidazole rings is 1. The molecule has 1 aromatic heterocycles. The zero-order valence-corrected chi connectivity index (χ0v) is 12.1. The Morgan fingerprint density at radius 2 is 2.15 bits per heavy atom. The van der Waals surface area contributed by atoms with Crippen molar-refractivity contribution in [3.8, 4) is 0 Å². The molecule has 2 rings (SSSR count). The molecular weight excluding hydrogens is 252 g/mol. The van der Waals surface area contributed by atoms with E-state index >= 15 is 0 Å². The molecule has 0 aliphatic heterocycles. The van der Waals surface area contributed by atoms with Crippen LogP contribution in [0.3, 0.4) is 0 Å². The van der Waals surface area contributed by atoms with E-state index in [0.29, 0.717) is 13.0 Å². The maximum Gasteiger partial charge on any atom is 0.224 e. The Hall–Kier alpha value is -2.30. The fraction of sp³-hybridized carbons (Fsp3) is 0.333. The van der Waals surface area contributed by atoms with Crippen LogP contribution in [0.15, 0.2) is 24.4 Å². The number of carbonyl (C=O) groups is 1. The van der Waals surface area contributed by atoms with Gasteiger partial charge in [-0.1, -0.05) is 13.0 Å². The second kappa shape index (κ2) is 6.23. The maximum atomic E-state index is 11.4. The highest BCUT2D eigenvalue weighted by molar-refractivity contribution is 5.91. The number of aromatic nitrogens is 2. The van der Waals surface area contributed by atoms with Crippen molar-refractivity contribution in [3.05, 3.63) is 41.5 Å². The van der Waals surface area contributed by atoms with Crippen LogP contribution >= 0.6 is 0 Å². The van der Waals surface area contributed by atoms with Gasteiger partial charge in [0, 0.05) is 17.8 Å². The van der Waals surface area contributed by atoms with Crippen LogP contribution in [0.4, 0.5) is 11.4 Å². The standard InChI is InChI=1S/C15H20N4O/c1-4-15(20)19-12-6-5-10(2)14(7-12)17-9-13-8-16-11(3)18-13/h5-8,17H,4,9H2,1-3H3,(H,16,18)(H,19,20). The lowest BCUT2D eigenvalue weighted by Gasteiger charge is -2.11. The Bertz CT molecular complexity index is 604. The zero-order valence-electron chi connectivity index (χ0n) is 12.1. The number of hydrogen-bond donors (Lipinski definition) is 3. The third-order valence-corrected chi connectivity index (χ3v) is 3.07. The Labute approximate surface area is 118 Å². The summed E-state index contributed by atoms with van der Waals surface area (Å²) in [6, 6.07) is 5.85. The summed E-state index contributed by atoms with van der Waals surface area (Å²) in [6.45, 7) is 6.47. The number of aryl methyl sites for hydroxylation is 2. The predicted octanol–water partition coefficient (Wildman–Crippen LogP) is 2.99. The zero-order chi connectivity index (χ0) is 14.5. The molecule has 0 saturated carbocycles. The van der Waals surface area contributed by atoms with Gasteiger partial charge in [-0.15, -0.1) is 0 Å². The molecule has 106 valence electrons. The van der Waals surface area contributed by atoms with Crippen LogP contribution in [0.5, 0.6) is 0 Å². The third kappa shape index (κ3) is 3.60. The predicted molar refractivity (Wildman–Crippen MR) is 80.8 cm³/mol. The summed E-state index contributed by atoms with van der Waals surface area (Å²) in [5.74, 6) is 0.923. The van der Waals surface area contributed by atoms with Gasteiger partial charge in [0.2, 0.25) is 5.91 Å². The summed E-state index contributed by atoms with van der Waals surface area (Å²) in [6.07, 6.45) is 2.30. The van der Waals surface area contributed by atoms with Gasteiger partial charge in [-0.25, -0.2) is 4.98 Å². The minimum atomic E-state index is 0.0176. The number of nitrogens with zero attached hydrogens (tertiary/aromatic N) is 1. The topological polar surface area (TPSA) is 69.8 Å². The molecule has 1 heterocycles. The molecule has 0 fully saturated rings. The minimum Gasteiger partial charge on any atom is -0.379 e. The molecule has 0 aliphatic carbocycles. The van der Waals surface area contributed by atoms with Crippen molar-refractivity contribution in [3.63, 3.8) is 0 Å². The first kappa shape index (κ1) is 14.1. The Balaban J connectivity index is 2.06. The summed E-state index contributed by atoms with van der Waals surface area (Å²) >= 11 is 0. The fourth-order valence-corrected chi connectivity index (χ4v) is 1.89. The Morgan fingerprint density at radius 3 is 2.80 bits per heavy atom. The van der Waals surface area contributed by atoms with Gasteiger partial charge in [0.25, 0.3) is 0 Å². The summed E-state index contributed by atoms with van der Waals surface area (Å²) in [5.41, 5.74) is 3.98. The van der Waals surface area contributed by atoms with Crippen molar-refractivity contribution in [1.29, 1.82) is 0 Å². The highest BCUT2D eigenvalue weighted by atomic mass is 16.1. The molecule has 0 radical (unpaired) electrons. The second-order valence-electron chi connectivity index (χ2n) is 4.78. The Morgan fingerprint density at radius 1 is 1.35 bits per heavy atom. The van der Waals surface area contributed by atoms with Crippen molar-refractivity contribution in [2.45, 2.75) is 33.7 Å². The van der Waals surface area contributed by atoms with Gasteiger partial charge in [-0.05, 0) is 31.5 Å². The number of amides is 1. The largest absolute Gasteiger partial charge is 0.379 e. The molecule has 20 heavy (non-hydrogen) atoms. The van der Waals surface area contributed by atoms with Crippen molar-refractivity contribution in [2.24, 2.45) is 0 Å². The average Bonchev–Trinajstić information content (AvgIpc) is 2.85. The first-order valence-corrected chi connectivity index (χ1v) is 6.73. The van der Waals surface area contributed by atoms with Crippen LogP contribution in [-0.2, 0) is 11.3 Å². The third-order valence-electron chi connectivity index (χ3n) is 3.07.